The van der Waals surface area contributed by atoms with Gasteiger partial charge in [0.1, 0.15) is 0 Å². The number of rotatable bonds is 1. The normalized spacial score (nSPS) is 16.1. The third-order valence-electron chi connectivity index (χ3n) is 2.85. The van der Waals surface area contributed by atoms with Gasteiger partial charge < -0.3 is 10.2 Å². The van der Waals surface area contributed by atoms with E-state index in [1.165, 1.54) is 6.07 Å². The Hall–Kier alpha value is -1.93. The van der Waals surface area contributed by atoms with Crippen LogP contribution in [-0.4, -0.2) is 34.3 Å². The van der Waals surface area contributed by atoms with Gasteiger partial charge in [-0.2, -0.15) is 39.5 Å². The number of benzene rings is 1. The standard InChI is InChI=1S/C13H7F9O2/c14-11(15,16)9(23,8-4-2-1-3-5-8)6-7-10(24,12(17,18)19)13(20,21)22/h1-5,23-24H/t9-/m0/s1. The molecule has 0 fully saturated rings. The predicted octanol–water partition coefficient (Wildman–Crippen LogP) is 3.30. The van der Waals surface area contributed by atoms with Crippen molar-refractivity contribution in [2.75, 3.05) is 0 Å². The van der Waals surface area contributed by atoms with Crippen molar-refractivity contribution in [2.24, 2.45) is 0 Å². The average molecular weight is 366 g/mol. The maximum Gasteiger partial charge on any atom is 0.438 e. The lowest BCUT2D eigenvalue weighted by atomic mass is 9.92. The van der Waals surface area contributed by atoms with E-state index in [0.29, 0.717) is 18.1 Å². The molecule has 1 rings (SSSR count). The van der Waals surface area contributed by atoms with Crippen LogP contribution in [0.5, 0.6) is 0 Å². The minimum absolute atomic E-state index is 0.107. The summed E-state index contributed by atoms with van der Waals surface area (Å²) in [6, 6.07) is 4.29. The van der Waals surface area contributed by atoms with E-state index in [1.807, 2.05) is 0 Å². The topological polar surface area (TPSA) is 40.5 Å². The first-order chi connectivity index (χ1) is 10.6. The maximum absolute atomic E-state index is 13.0. The van der Waals surface area contributed by atoms with Crippen LogP contribution in [0, 0.1) is 11.8 Å². The molecular weight excluding hydrogens is 359 g/mol. The first-order valence-corrected chi connectivity index (χ1v) is 5.81. The van der Waals surface area contributed by atoms with Crippen LogP contribution in [0.15, 0.2) is 30.3 Å². The molecule has 2 N–H and O–H groups in total. The lowest BCUT2D eigenvalue weighted by molar-refractivity contribution is -0.343. The Balaban J connectivity index is 3.60. The van der Waals surface area contributed by atoms with Gasteiger partial charge in [0.2, 0.25) is 5.60 Å². The lowest BCUT2D eigenvalue weighted by Crippen LogP contribution is -2.56. The summed E-state index contributed by atoms with van der Waals surface area (Å²) in [5.41, 5.74) is -11.2. The quantitative estimate of drug-likeness (QED) is 0.592. The summed E-state index contributed by atoms with van der Waals surface area (Å²) < 4.78 is 114. The number of halogens is 9. The Labute approximate surface area is 128 Å². The molecule has 1 atom stereocenters. The molecule has 0 aliphatic rings. The second kappa shape index (κ2) is 5.86. The zero-order valence-corrected chi connectivity index (χ0v) is 11.2. The van der Waals surface area contributed by atoms with E-state index in [2.05, 4.69) is 0 Å². The summed E-state index contributed by atoms with van der Waals surface area (Å²) in [5, 5.41) is 18.3. The van der Waals surface area contributed by atoms with Crippen molar-refractivity contribution < 1.29 is 49.7 Å². The molecule has 0 unspecified atom stereocenters. The van der Waals surface area contributed by atoms with Crippen LogP contribution in [0.1, 0.15) is 5.56 Å². The zero-order chi connectivity index (χ0) is 19.0. The van der Waals surface area contributed by atoms with Crippen molar-refractivity contribution in [1.82, 2.24) is 0 Å². The Bertz CT molecular complexity index is 620. The van der Waals surface area contributed by atoms with Crippen molar-refractivity contribution in [2.45, 2.75) is 29.7 Å². The van der Waals surface area contributed by atoms with Crippen LogP contribution >= 0.6 is 0 Å². The van der Waals surface area contributed by atoms with Crippen molar-refractivity contribution in [3.05, 3.63) is 35.9 Å². The molecule has 0 spiro atoms. The maximum atomic E-state index is 13.0. The molecule has 0 aromatic heterocycles. The number of aliphatic hydroxyl groups is 2. The van der Waals surface area contributed by atoms with E-state index in [1.54, 1.807) is 0 Å². The summed E-state index contributed by atoms with van der Waals surface area (Å²) in [6.07, 6.45) is -18.6. The van der Waals surface area contributed by atoms with Crippen molar-refractivity contribution in [1.29, 1.82) is 0 Å². The Morgan fingerprint density at radius 1 is 0.625 bits per heavy atom. The largest absolute Gasteiger partial charge is 0.438 e. The highest BCUT2D eigenvalue weighted by Crippen LogP contribution is 2.44. The van der Waals surface area contributed by atoms with Crippen molar-refractivity contribution >= 4 is 0 Å². The van der Waals surface area contributed by atoms with Gasteiger partial charge in [0.25, 0.3) is 0 Å². The lowest BCUT2D eigenvalue weighted by Gasteiger charge is -2.29. The molecule has 0 bridgehead atoms. The number of hydrogen-bond acceptors (Lipinski definition) is 2. The van der Waals surface area contributed by atoms with E-state index < -0.39 is 35.3 Å². The van der Waals surface area contributed by atoms with Gasteiger partial charge in [0.15, 0.2) is 0 Å². The molecule has 134 valence electrons. The zero-order valence-electron chi connectivity index (χ0n) is 11.2. The van der Waals surface area contributed by atoms with Gasteiger partial charge in [-0.3, -0.25) is 0 Å². The molecule has 24 heavy (non-hydrogen) atoms. The minimum Gasteiger partial charge on any atom is -0.366 e. The van der Waals surface area contributed by atoms with Gasteiger partial charge in [-0.15, -0.1) is 0 Å². The molecular formula is C13H7F9O2. The van der Waals surface area contributed by atoms with E-state index >= 15 is 0 Å². The highest BCUT2D eigenvalue weighted by Gasteiger charge is 2.70. The second-order valence-corrected chi connectivity index (χ2v) is 4.53. The van der Waals surface area contributed by atoms with Gasteiger partial charge in [0.05, 0.1) is 0 Å². The van der Waals surface area contributed by atoms with E-state index in [9.17, 15) is 44.6 Å². The summed E-state index contributed by atoms with van der Waals surface area (Å²) in [6.45, 7) is 0. The van der Waals surface area contributed by atoms with E-state index in [4.69, 9.17) is 5.11 Å². The Morgan fingerprint density at radius 2 is 1.04 bits per heavy atom. The summed E-state index contributed by atoms with van der Waals surface area (Å²) >= 11 is 0. The molecule has 0 saturated heterocycles. The molecule has 11 heteroatoms. The average Bonchev–Trinajstić information content (AvgIpc) is 2.41. The molecule has 0 aliphatic heterocycles. The monoisotopic (exact) mass is 366 g/mol. The third-order valence-corrected chi connectivity index (χ3v) is 2.85. The fourth-order valence-electron chi connectivity index (χ4n) is 1.47. The van der Waals surface area contributed by atoms with Gasteiger partial charge >= 0.3 is 24.1 Å². The van der Waals surface area contributed by atoms with Crippen molar-refractivity contribution in [3.63, 3.8) is 0 Å². The van der Waals surface area contributed by atoms with Gasteiger partial charge in [-0.1, -0.05) is 30.3 Å². The molecule has 1 aromatic carbocycles. The molecule has 1 aromatic rings. The third kappa shape index (κ3) is 3.44. The summed E-state index contributed by atoms with van der Waals surface area (Å²) in [7, 11) is 0. The number of alkyl halides is 9. The van der Waals surface area contributed by atoms with E-state index in [0.717, 1.165) is 12.1 Å². The van der Waals surface area contributed by atoms with E-state index in [-0.39, 0.29) is 5.92 Å². The SMILES string of the molecule is OC(C#C[C@](O)(c1ccccc1)C(F)(F)F)(C(F)(F)F)C(F)(F)F. The van der Waals surface area contributed by atoms with Crippen LogP contribution in [0.2, 0.25) is 0 Å². The highest BCUT2D eigenvalue weighted by atomic mass is 19.4. The predicted molar refractivity (Wildman–Crippen MR) is 61.2 cm³/mol. The Kier molecular flexibility index (Phi) is 4.91. The summed E-state index contributed by atoms with van der Waals surface area (Å²) in [4.78, 5) is 0. The first kappa shape index (κ1) is 20.1. The second-order valence-electron chi connectivity index (χ2n) is 4.53. The highest BCUT2D eigenvalue weighted by molar-refractivity contribution is 5.36. The van der Waals surface area contributed by atoms with Gasteiger partial charge in [0, 0.05) is 5.56 Å². The fourth-order valence-corrected chi connectivity index (χ4v) is 1.47. The van der Waals surface area contributed by atoms with Gasteiger partial charge in [-0.25, -0.2) is 0 Å². The fraction of sp³-hybridized carbons (Fsp3) is 0.385. The molecule has 0 radical (unpaired) electrons. The molecule has 0 amide bonds. The smallest absolute Gasteiger partial charge is 0.366 e. The molecule has 0 heterocycles. The molecule has 0 saturated carbocycles. The molecule has 2 nitrogen and oxygen atoms in total. The summed E-state index contributed by atoms with van der Waals surface area (Å²) in [5.74, 6) is 0.604. The van der Waals surface area contributed by atoms with Gasteiger partial charge in [-0.05, 0) is 11.8 Å². The Morgan fingerprint density at radius 3 is 1.38 bits per heavy atom. The van der Waals surface area contributed by atoms with Crippen molar-refractivity contribution in [3.8, 4) is 11.8 Å². The van der Waals surface area contributed by atoms with Crippen LogP contribution in [0.25, 0.3) is 0 Å². The molecule has 0 aliphatic carbocycles. The van der Waals surface area contributed by atoms with Crippen LogP contribution in [0.4, 0.5) is 39.5 Å². The number of hydrogen-bond donors (Lipinski definition) is 2. The minimum atomic E-state index is -6.44. The first-order valence-electron chi connectivity index (χ1n) is 5.81. The van der Waals surface area contributed by atoms with Crippen LogP contribution in [0.3, 0.4) is 0 Å². The van der Waals surface area contributed by atoms with Crippen LogP contribution < -0.4 is 0 Å². The van der Waals surface area contributed by atoms with Crippen LogP contribution in [-0.2, 0) is 5.60 Å².